The number of carbonyl (C=O) groups is 1. The predicted octanol–water partition coefficient (Wildman–Crippen LogP) is -0.568. The van der Waals surface area contributed by atoms with Crippen molar-refractivity contribution in [3.8, 4) is 0 Å². The van der Waals surface area contributed by atoms with E-state index in [1.54, 1.807) is 0 Å². The van der Waals surface area contributed by atoms with Crippen molar-refractivity contribution in [2.75, 3.05) is 32.4 Å². The summed E-state index contributed by atoms with van der Waals surface area (Å²) in [6.45, 7) is 4.51. The summed E-state index contributed by atoms with van der Waals surface area (Å²) in [6.07, 6.45) is 3.43. The highest BCUT2D eigenvalue weighted by atomic mass is 32.2. The lowest BCUT2D eigenvalue weighted by Crippen LogP contribution is -2.43. The molecule has 1 saturated heterocycles. The molecule has 1 aliphatic heterocycles. The maximum atomic E-state index is 12.1. The van der Waals surface area contributed by atoms with E-state index in [9.17, 15) is 13.2 Å². The molecule has 0 spiro atoms. The molecule has 0 aromatic carbocycles. The molecule has 0 bridgehead atoms. The minimum Gasteiger partial charge on any atom is -0.356 e. The fraction of sp³-hybridized carbons (Fsp3) is 0.909. The molecule has 106 valence electrons. The van der Waals surface area contributed by atoms with Crippen molar-refractivity contribution in [2.24, 2.45) is 5.41 Å². The number of rotatable bonds is 7. The molecule has 6 nitrogen and oxygen atoms in total. The monoisotopic (exact) mass is 277 g/mol. The average Bonchev–Trinajstić information content (AvgIpc) is 2.76. The average molecular weight is 277 g/mol. The number of hydrogen-bond donors (Lipinski definition) is 3. The molecule has 0 aromatic heterocycles. The number of amides is 1. The lowest BCUT2D eigenvalue weighted by Gasteiger charge is -2.25. The summed E-state index contributed by atoms with van der Waals surface area (Å²) in [5, 5.41) is 6.10. The zero-order chi connectivity index (χ0) is 13.6. The summed E-state index contributed by atoms with van der Waals surface area (Å²) >= 11 is 0. The molecule has 18 heavy (non-hydrogen) atoms. The highest BCUT2D eigenvalue weighted by molar-refractivity contribution is 7.88. The Balaban J connectivity index is 2.25. The van der Waals surface area contributed by atoms with E-state index in [0.29, 0.717) is 19.5 Å². The van der Waals surface area contributed by atoms with Gasteiger partial charge >= 0.3 is 0 Å². The van der Waals surface area contributed by atoms with Crippen molar-refractivity contribution in [3.05, 3.63) is 0 Å². The van der Waals surface area contributed by atoms with Crippen LogP contribution in [0.25, 0.3) is 0 Å². The van der Waals surface area contributed by atoms with Crippen molar-refractivity contribution in [1.82, 2.24) is 15.4 Å². The Kier molecular flexibility index (Phi) is 5.55. The van der Waals surface area contributed by atoms with Crippen molar-refractivity contribution in [1.29, 1.82) is 0 Å². The third-order valence-corrected chi connectivity index (χ3v) is 4.13. The van der Waals surface area contributed by atoms with E-state index < -0.39 is 10.0 Å². The first-order valence-corrected chi connectivity index (χ1v) is 8.22. The van der Waals surface area contributed by atoms with E-state index in [-0.39, 0.29) is 11.3 Å². The van der Waals surface area contributed by atoms with Gasteiger partial charge in [0.2, 0.25) is 15.9 Å². The molecule has 1 aliphatic rings. The molecule has 0 saturated carbocycles. The van der Waals surface area contributed by atoms with Gasteiger partial charge in [-0.2, -0.15) is 0 Å². The van der Waals surface area contributed by atoms with Crippen molar-refractivity contribution < 1.29 is 13.2 Å². The lowest BCUT2D eigenvalue weighted by molar-refractivity contribution is -0.130. The van der Waals surface area contributed by atoms with Gasteiger partial charge in [-0.3, -0.25) is 4.79 Å². The van der Waals surface area contributed by atoms with Gasteiger partial charge < -0.3 is 10.6 Å². The van der Waals surface area contributed by atoms with Crippen LogP contribution in [0.4, 0.5) is 0 Å². The van der Waals surface area contributed by atoms with Crippen LogP contribution in [0.3, 0.4) is 0 Å². The molecule has 7 heteroatoms. The van der Waals surface area contributed by atoms with Gasteiger partial charge in [-0.05, 0) is 25.8 Å². The topological polar surface area (TPSA) is 87.3 Å². The van der Waals surface area contributed by atoms with Crippen LogP contribution in [-0.2, 0) is 14.8 Å². The van der Waals surface area contributed by atoms with E-state index in [1.165, 1.54) is 0 Å². The van der Waals surface area contributed by atoms with Gasteiger partial charge in [0.1, 0.15) is 0 Å². The fourth-order valence-corrected chi connectivity index (χ4v) is 2.65. The number of carbonyl (C=O) groups excluding carboxylic acids is 1. The smallest absolute Gasteiger partial charge is 0.227 e. The van der Waals surface area contributed by atoms with E-state index in [4.69, 9.17) is 0 Å². The third kappa shape index (κ3) is 4.55. The molecule has 1 unspecified atom stereocenters. The summed E-state index contributed by atoms with van der Waals surface area (Å²) in [5.41, 5.74) is -0.274. The quantitative estimate of drug-likeness (QED) is 0.544. The van der Waals surface area contributed by atoms with Gasteiger partial charge in [0.05, 0.1) is 11.7 Å². The Hall–Kier alpha value is -0.660. The first-order chi connectivity index (χ1) is 8.40. The second-order valence-corrected chi connectivity index (χ2v) is 6.67. The van der Waals surface area contributed by atoms with E-state index in [0.717, 1.165) is 32.2 Å². The van der Waals surface area contributed by atoms with Crippen LogP contribution in [0.15, 0.2) is 0 Å². The first kappa shape index (κ1) is 15.4. The van der Waals surface area contributed by atoms with E-state index >= 15 is 0 Å². The molecule has 1 rings (SSSR count). The lowest BCUT2D eigenvalue weighted by atomic mass is 9.83. The highest BCUT2D eigenvalue weighted by Crippen LogP contribution is 2.29. The summed E-state index contributed by atoms with van der Waals surface area (Å²) in [6, 6.07) is 0. The normalized spacial score (nSPS) is 24.1. The molecule has 1 amide bonds. The molecule has 1 fully saturated rings. The van der Waals surface area contributed by atoms with Crippen LogP contribution < -0.4 is 15.4 Å². The minimum absolute atomic E-state index is 0.0781. The van der Waals surface area contributed by atoms with Crippen molar-refractivity contribution in [3.63, 3.8) is 0 Å². The molecule has 3 N–H and O–H groups in total. The minimum atomic E-state index is -3.13. The van der Waals surface area contributed by atoms with Crippen LogP contribution >= 0.6 is 0 Å². The second kappa shape index (κ2) is 6.49. The molecular formula is C11H23N3O3S. The molecule has 0 radical (unpaired) electrons. The summed E-state index contributed by atoms with van der Waals surface area (Å²) in [4.78, 5) is 12.1. The molecule has 1 atom stereocenters. The number of sulfonamides is 1. The van der Waals surface area contributed by atoms with Crippen molar-refractivity contribution in [2.45, 2.75) is 26.2 Å². The van der Waals surface area contributed by atoms with Gasteiger partial charge in [-0.15, -0.1) is 0 Å². The maximum Gasteiger partial charge on any atom is 0.227 e. The Morgan fingerprint density at radius 1 is 1.39 bits per heavy atom. The maximum absolute atomic E-state index is 12.1. The summed E-state index contributed by atoms with van der Waals surface area (Å²) in [5.74, 6) is 0.0781. The SMILES string of the molecule is CCC1(C(=O)NCCCNS(C)(=O)=O)CCNC1. The largest absolute Gasteiger partial charge is 0.356 e. The van der Waals surface area contributed by atoms with E-state index in [2.05, 4.69) is 15.4 Å². The molecular weight excluding hydrogens is 254 g/mol. The Labute approximate surface area is 109 Å². The van der Waals surface area contributed by atoms with E-state index in [1.807, 2.05) is 6.92 Å². The number of nitrogens with one attached hydrogen (secondary N) is 3. The summed E-state index contributed by atoms with van der Waals surface area (Å²) < 4.78 is 24.1. The van der Waals surface area contributed by atoms with Gasteiger partial charge in [-0.1, -0.05) is 6.92 Å². The van der Waals surface area contributed by atoms with Gasteiger partial charge in [0.15, 0.2) is 0 Å². The Morgan fingerprint density at radius 3 is 2.61 bits per heavy atom. The standard InChI is InChI=1S/C11H23N3O3S/c1-3-11(5-8-12-9-11)10(15)13-6-4-7-14-18(2,16)17/h12,14H,3-9H2,1-2H3,(H,13,15). The van der Waals surface area contributed by atoms with Gasteiger partial charge in [0.25, 0.3) is 0 Å². The summed E-state index contributed by atoms with van der Waals surface area (Å²) in [7, 11) is -3.13. The zero-order valence-electron chi connectivity index (χ0n) is 11.1. The molecule has 1 heterocycles. The van der Waals surface area contributed by atoms with Crippen LogP contribution in [-0.4, -0.2) is 46.8 Å². The Bertz CT molecular complexity index is 375. The zero-order valence-corrected chi connectivity index (χ0v) is 11.9. The van der Waals surface area contributed by atoms with Crippen LogP contribution in [0, 0.1) is 5.41 Å². The Morgan fingerprint density at radius 2 is 2.11 bits per heavy atom. The predicted molar refractivity (Wildman–Crippen MR) is 70.7 cm³/mol. The number of hydrogen-bond acceptors (Lipinski definition) is 4. The third-order valence-electron chi connectivity index (χ3n) is 3.41. The van der Waals surface area contributed by atoms with Crippen molar-refractivity contribution >= 4 is 15.9 Å². The highest BCUT2D eigenvalue weighted by Gasteiger charge is 2.38. The van der Waals surface area contributed by atoms with Gasteiger partial charge in [-0.25, -0.2) is 13.1 Å². The second-order valence-electron chi connectivity index (χ2n) is 4.84. The van der Waals surface area contributed by atoms with Crippen LogP contribution in [0.1, 0.15) is 26.2 Å². The molecule has 0 aliphatic carbocycles. The van der Waals surface area contributed by atoms with Crippen LogP contribution in [0.5, 0.6) is 0 Å². The van der Waals surface area contributed by atoms with Crippen LogP contribution in [0.2, 0.25) is 0 Å². The first-order valence-electron chi connectivity index (χ1n) is 6.33. The van der Waals surface area contributed by atoms with Gasteiger partial charge in [0, 0.05) is 19.6 Å². The molecule has 0 aromatic rings. The fourth-order valence-electron chi connectivity index (χ4n) is 2.14.